The van der Waals surface area contributed by atoms with Crippen molar-refractivity contribution in [3.63, 3.8) is 0 Å². The van der Waals surface area contributed by atoms with E-state index in [0.29, 0.717) is 22.5 Å². The van der Waals surface area contributed by atoms with Crippen molar-refractivity contribution in [3.8, 4) is 17.8 Å². The zero-order chi connectivity index (χ0) is 15.9. The van der Waals surface area contributed by atoms with Crippen LogP contribution in [0.15, 0.2) is 35.5 Å². The second-order valence-electron chi connectivity index (χ2n) is 4.14. The molecule has 2 rings (SSSR count). The molecule has 0 saturated carbocycles. The summed E-state index contributed by atoms with van der Waals surface area (Å²) in [5.41, 5.74) is 1.31. The molecule has 1 aromatic carbocycles. The summed E-state index contributed by atoms with van der Waals surface area (Å²) in [6.07, 6.45) is 0.807. The lowest BCUT2D eigenvalue weighted by atomic mass is 10.1. The van der Waals surface area contributed by atoms with Crippen LogP contribution in [-0.2, 0) is 4.79 Å². The molecular formula is C15H13N3O3S. The maximum atomic E-state index is 11.4. The molecule has 0 N–H and O–H groups in total. The fourth-order valence-electron chi connectivity index (χ4n) is 1.68. The summed E-state index contributed by atoms with van der Waals surface area (Å²) in [6.45, 7) is 0. The van der Waals surface area contributed by atoms with Gasteiger partial charge in [0.1, 0.15) is 6.29 Å². The standard InChI is InChI=1S/C15H13N3O3S/c1-20-13-7-14(21-2)18-15(17-13)22-12(9-19)11-5-3-10(8-16)4-6-11/h3-7,9,12H,1-2H3. The fraction of sp³-hybridized carbons (Fsp3) is 0.200. The third-order valence-electron chi connectivity index (χ3n) is 2.80. The summed E-state index contributed by atoms with van der Waals surface area (Å²) in [6, 6.07) is 10.4. The van der Waals surface area contributed by atoms with Crippen molar-refractivity contribution in [2.45, 2.75) is 10.4 Å². The number of rotatable bonds is 6. The van der Waals surface area contributed by atoms with Crippen LogP contribution in [-0.4, -0.2) is 30.5 Å². The minimum atomic E-state index is -0.482. The summed E-state index contributed by atoms with van der Waals surface area (Å²) < 4.78 is 10.2. The molecule has 1 heterocycles. The van der Waals surface area contributed by atoms with Crippen LogP contribution >= 0.6 is 11.8 Å². The highest BCUT2D eigenvalue weighted by Gasteiger charge is 2.16. The second kappa shape index (κ2) is 7.43. The largest absolute Gasteiger partial charge is 0.481 e. The van der Waals surface area contributed by atoms with Gasteiger partial charge in [0.25, 0.3) is 0 Å². The van der Waals surface area contributed by atoms with Crippen LogP contribution in [0.5, 0.6) is 11.8 Å². The number of nitriles is 1. The molecule has 2 aromatic rings. The summed E-state index contributed by atoms with van der Waals surface area (Å²) in [5.74, 6) is 0.720. The number of ether oxygens (including phenoxy) is 2. The van der Waals surface area contributed by atoms with Crippen molar-refractivity contribution in [1.29, 1.82) is 5.26 Å². The number of benzene rings is 1. The molecular weight excluding hydrogens is 302 g/mol. The van der Waals surface area contributed by atoms with Gasteiger partial charge in [0, 0.05) is 0 Å². The van der Waals surface area contributed by atoms with Crippen molar-refractivity contribution >= 4 is 18.0 Å². The maximum absolute atomic E-state index is 11.4. The summed E-state index contributed by atoms with van der Waals surface area (Å²) in [7, 11) is 2.99. The molecule has 0 radical (unpaired) electrons. The zero-order valence-electron chi connectivity index (χ0n) is 12.0. The number of aromatic nitrogens is 2. The summed E-state index contributed by atoms with van der Waals surface area (Å²) >= 11 is 1.18. The maximum Gasteiger partial charge on any atom is 0.220 e. The van der Waals surface area contributed by atoms with Gasteiger partial charge in [-0.3, -0.25) is 0 Å². The predicted molar refractivity (Wildman–Crippen MR) is 81.0 cm³/mol. The third-order valence-corrected chi connectivity index (χ3v) is 3.83. The first-order chi connectivity index (χ1) is 10.7. The quantitative estimate of drug-likeness (QED) is 0.459. The highest BCUT2D eigenvalue weighted by molar-refractivity contribution is 8.00. The van der Waals surface area contributed by atoms with Crippen LogP contribution in [0.4, 0.5) is 0 Å². The lowest BCUT2D eigenvalue weighted by Crippen LogP contribution is -2.00. The molecule has 0 aliphatic rings. The molecule has 1 aromatic heterocycles. The van der Waals surface area contributed by atoms with Gasteiger partial charge >= 0.3 is 0 Å². The smallest absolute Gasteiger partial charge is 0.220 e. The Morgan fingerprint density at radius 3 is 2.23 bits per heavy atom. The fourth-order valence-corrected chi connectivity index (χ4v) is 2.54. The molecule has 0 aliphatic carbocycles. The van der Waals surface area contributed by atoms with Gasteiger partial charge in [-0.15, -0.1) is 0 Å². The molecule has 6 nitrogen and oxygen atoms in total. The van der Waals surface area contributed by atoms with Crippen LogP contribution in [0.1, 0.15) is 16.4 Å². The number of methoxy groups -OCH3 is 2. The highest BCUT2D eigenvalue weighted by atomic mass is 32.2. The first-order valence-corrected chi connectivity index (χ1v) is 7.17. The van der Waals surface area contributed by atoms with Gasteiger partial charge in [0.15, 0.2) is 5.16 Å². The van der Waals surface area contributed by atoms with Gasteiger partial charge in [0.05, 0.1) is 37.2 Å². The number of carbonyl (C=O) groups excluding carboxylic acids is 1. The Hall–Kier alpha value is -2.59. The minimum Gasteiger partial charge on any atom is -0.481 e. The van der Waals surface area contributed by atoms with E-state index < -0.39 is 5.25 Å². The molecule has 0 amide bonds. The number of nitrogens with zero attached hydrogens (tertiary/aromatic N) is 3. The Kier molecular flexibility index (Phi) is 5.33. The molecule has 0 spiro atoms. The molecule has 1 atom stereocenters. The lowest BCUT2D eigenvalue weighted by molar-refractivity contribution is -0.107. The third kappa shape index (κ3) is 3.74. The van der Waals surface area contributed by atoms with E-state index in [1.54, 1.807) is 30.3 Å². The van der Waals surface area contributed by atoms with E-state index in [1.807, 2.05) is 6.07 Å². The van der Waals surface area contributed by atoms with E-state index in [0.717, 1.165) is 11.8 Å². The van der Waals surface area contributed by atoms with Crippen molar-refractivity contribution < 1.29 is 14.3 Å². The topological polar surface area (TPSA) is 85.1 Å². The van der Waals surface area contributed by atoms with Crippen molar-refractivity contribution in [2.24, 2.45) is 0 Å². The number of thioether (sulfide) groups is 1. The average molecular weight is 315 g/mol. The summed E-state index contributed by atoms with van der Waals surface area (Å²) in [4.78, 5) is 19.7. The first-order valence-electron chi connectivity index (χ1n) is 6.29. The monoisotopic (exact) mass is 315 g/mol. The van der Waals surface area contributed by atoms with E-state index in [9.17, 15) is 4.79 Å². The lowest BCUT2D eigenvalue weighted by Gasteiger charge is -2.11. The van der Waals surface area contributed by atoms with Gasteiger partial charge in [0.2, 0.25) is 11.8 Å². The van der Waals surface area contributed by atoms with Crippen LogP contribution in [0.3, 0.4) is 0 Å². The van der Waals surface area contributed by atoms with E-state index in [2.05, 4.69) is 9.97 Å². The van der Waals surface area contributed by atoms with Crippen molar-refractivity contribution in [3.05, 3.63) is 41.5 Å². The minimum absolute atomic E-state index is 0.360. The van der Waals surface area contributed by atoms with Crippen LogP contribution in [0, 0.1) is 11.3 Å². The second-order valence-corrected chi connectivity index (χ2v) is 5.25. The van der Waals surface area contributed by atoms with E-state index in [1.165, 1.54) is 26.0 Å². The van der Waals surface area contributed by atoms with Gasteiger partial charge in [-0.05, 0) is 17.7 Å². The first kappa shape index (κ1) is 15.8. The van der Waals surface area contributed by atoms with Gasteiger partial charge < -0.3 is 14.3 Å². The molecule has 0 fully saturated rings. The van der Waals surface area contributed by atoms with Crippen LogP contribution in [0.25, 0.3) is 0 Å². The zero-order valence-corrected chi connectivity index (χ0v) is 12.8. The normalized spacial score (nSPS) is 11.3. The van der Waals surface area contributed by atoms with E-state index >= 15 is 0 Å². The van der Waals surface area contributed by atoms with Gasteiger partial charge in [-0.1, -0.05) is 23.9 Å². The number of hydrogen-bond acceptors (Lipinski definition) is 7. The van der Waals surface area contributed by atoms with Gasteiger partial charge in [-0.2, -0.15) is 15.2 Å². The molecule has 1 unspecified atom stereocenters. The molecule has 0 saturated heterocycles. The SMILES string of the molecule is COc1cc(OC)nc(SC(C=O)c2ccc(C#N)cc2)n1. The van der Waals surface area contributed by atoms with Crippen molar-refractivity contribution in [2.75, 3.05) is 14.2 Å². The average Bonchev–Trinajstić information content (AvgIpc) is 2.59. The Balaban J connectivity index is 2.26. The van der Waals surface area contributed by atoms with Crippen LogP contribution < -0.4 is 9.47 Å². The number of hydrogen-bond donors (Lipinski definition) is 0. The van der Waals surface area contributed by atoms with Crippen LogP contribution in [0.2, 0.25) is 0 Å². The molecule has 0 aliphatic heterocycles. The van der Waals surface area contributed by atoms with E-state index in [4.69, 9.17) is 14.7 Å². The van der Waals surface area contributed by atoms with Crippen molar-refractivity contribution in [1.82, 2.24) is 9.97 Å². The Morgan fingerprint density at radius 1 is 1.18 bits per heavy atom. The Bertz CT molecular complexity index is 676. The molecule has 112 valence electrons. The highest BCUT2D eigenvalue weighted by Crippen LogP contribution is 2.33. The Labute approximate surface area is 132 Å². The Morgan fingerprint density at radius 2 is 1.77 bits per heavy atom. The predicted octanol–water partition coefficient (Wildman–Crippen LogP) is 2.40. The van der Waals surface area contributed by atoms with E-state index in [-0.39, 0.29) is 0 Å². The molecule has 7 heteroatoms. The number of aldehydes is 1. The molecule has 0 bridgehead atoms. The molecule has 22 heavy (non-hydrogen) atoms. The number of carbonyl (C=O) groups is 1. The summed E-state index contributed by atoms with van der Waals surface area (Å²) in [5, 5.41) is 8.69. The van der Waals surface area contributed by atoms with Gasteiger partial charge in [-0.25, -0.2) is 0 Å².